The minimum absolute atomic E-state index is 0.402. The lowest BCUT2D eigenvalue weighted by molar-refractivity contribution is 0.153. The van der Waals surface area contributed by atoms with Crippen LogP contribution in [0.2, 0.25) is 0 Å². The molecule has 0 aliphatic heterocycles. The Kier molecular flexibility index (Phi) is 6.02. The highest BCUT2D eigenvalue weighted by Gasteiger charge is 1.88. The van der Waals surface area contributed by atoms with Gasteiger partial charge >= 0.3 is 0 Å². The number of aliphatic hydroxyl groups excluding tert-OH is 1. The Morgan fingerprint density at radius 3 is 2.81 bits per heavy atom. The molecule has 0 spiro atoms. The first-order chi connectivity index (χ1) is 7.79. The molecule has 0 aliphatic rings. The predicted molar refractivity (Wildman–Crippen MR) is 64.7 cm³/mol. The fourth-order valence-corrected chi connectivity index (χ4v) is 1.08. The van der Waals surface area contributed by atoms with E-state index in [0.29, 0.717) is 13.2 Å². The largest absolute Gasteiger partial charge is 0.389 e. The van der Waals surface area contributed by atoms with Crippen LogP contribution in [-0.2, 0) is 11.3 Å². The van der Waals surface area contributed by atoms with E-state index in [4.69, 9.17) is 9.84 Å². The molecule has 2 nitrogen and oxygen atoms in total. The van der Waals surface area contributed by atoms with E-state index in [2.05, 4.69) is 11.8 Å². The van der Waals surface area contributed by atoms with Crippen LogP contribution in [0.25, 0.3) is 0 Å². The van der Waals surface area contributed by atoms with Crippen molar-refractivity contribution in [2.45, 2.75) is 19.6 Å². The molecule has 0 saturated heterocycles. The van der Waals surface area contributed by atoms with Crippen LogP contribution in [0.5, 0.6) is 0 Å². The van der Waals surface area contributed by atoms with Gasteiger partial charge in [0.1, 0.15) is 6.61 Å². The van der Waals surface area contributed by atoms with E-state index >= 15 is 0 Å². The lowest BCUT2D eigenvalue weighted by atomic mass is 10.2. The van der Waals surface area contributed by atoms with Crippen molar-refractivity contribution in [3.05, 3.63) is 48.0 Å². The Labute approximate surface area is 96.6 Å². The van der Waals surface area contributed by atoms with Crippen molar-refractivity contribution in [3.8, 4) is 11.8 Å². The van der Waals surface area contributed by atoms with Gasteiger partial charge in [0.2, 0.25) is 0 Å². The summed E-state index contributed by atoms with van der Waals surface area (Å²) in [6, 6.07) is 9.97. The van der Waals surface area contributed by atoms with Gasteiger partial charge in [0.05, 0.1) is 12.7 Å². The van der Waals surface area contributed by atoms with Gasteiger partial charge < -0.3 is 9.84 Å². The Bertz CT molecular complexity index is 369. The Hall–Kier alpha value is -1.56. The van der Waals surface area contributed by atoms with Crippen LogP contribution in [0, 0.1) is 11.8 Å². The maximum atomic E-state index is 8.92. The summed E-state index contributed by atoms with van der Waals surface area (Å²) in [5, 5.41) is 8.92. The lowest BCUT2D eigenvalue weighted by Gasteiger charge is -1.98. The van der Waals surface area contributed by atoms with Crippen LogP contribution in [0.15, 0.2) is 42.5 Å². The Balaban J connectivity index is 2.17. The minimum atomic E-state index is -0.445. The Morgan fingerprint density at radius 2 is 2.12 bits per heavy atom. The number of hydrogen-bond acceptors (Lipinski definition) is 2. The van der Waals surface area contributed by atoms with E-state index in [1.54, 1.807) is 19.1 Å². The van der Waals surface area contributed by atoms with Gasteiger partial charge in [-0.2, -0.15) is 0 Å². The van der Waals surface area contributed by atoms with Crippen LogP contribution in [0.3, 0.4) is 0 Å². The first-order valence-electron chi connectivity index (χ1n) is 5.24. The fraction of sp³-hybridized carbons (Fsp3) is 0.286. The van der Waals surface area contributed by atoms with Gasteiger partial charge in [-0.25, -0.2) is 0 Å². The van der Waals surface area contributed by atoms with Gasteiger partial charge in [-0.1, -0.05) is 42.2 Å². The summed E-state index contributed by atoms with van der Waals surface area (Å²) in [4.78, 5) is 0. The van der Waals surface area contributed by atoms with Crippen molar-refractivity contribution in [3.63, 3.8) is 0 Å². The van der Waals surface area contributed by atoms with Gasteiger partial charge in [-0.3, -0.25) is 0 Å². The maximum Gasteiger partial charge on any atom is 0.108 e. The molecule has 0 bridgehead atoms. The smallest absolute Gasteiger partial charge is 0.108 e. The molecule has 0 fully saturated rings. The molecule has 1 N–H and O–H groups in total. The summed E-state index contributed by atoms with van der Waals surface area (Å²) in [6.07, 6.45) is 2.82. The molecule has 84 valence electrons. The summed E-state index contributed by atoms with van der Waals surface area (Å²) in [5.74, 6) is 5.63. The summed E-state index contributed by atoms with van der Waals surface area (Å²) in [6.45, 7) is 2.67. The summed E-state index contributed by atoms with van der Waals surface area (Å²) >= 11 is 0. The zero-order chi connectivity index (χ0) is 11.6. The third-order valence-corrected chi connectivity index (χ3v) is 1.85. The van der Waals surface area contributed by atoms with E-state index in [1.807, 2.05) is 30.3 Å². The first-order valence-corrected chi connectivity index (χ1v) is 5.24. The average Bonchev–Trinajstić information content (AvgIpc) is 2.29. The highest BCUT2D eigenvalue weighted by molar-refractivity contribution is 5.17. The number of allylic oxidation sites excluding steroid dienone is 1. The molecule has 1 aromatic carbocycles. The van der Waals surface area contributed by atoms with E-state index in [-0.39, 0.29) is 0 Å². The molecule has 0 amide bonds. The van der Waals surface area contributed by atoms with Gasteiger partial charge in [-0.05, 0) is 24.6 Å². The van der Waals surface area contributed by atoms with Crippen LogP contribution in [0.1, 0.15) is 12.5 Å². The number of benzene rings is 1. The van der Waals surface area contributed by atoms with Crippen molar-refractivity contribution in [1.29, 1.82) is 0 Å². The van der Waals surface area contributed by atoms with Crippen molar-refractivity contribution < 1.29 is 9.84 Å². The van der Waals surface area contributed by atoms with Crippen LogP contribution in [-0.4, -0.2) is 17.8 Å². The van der Waals surface area contributed by atoms with Crippen molar-refractivity contribution in [2.24, 2.45) is 0 Å². The van der Waals surface area contributed by atoms with Gasteiger partial charge in [0.15, 0.2) is 0 Å². The van der Waals surface area contributed by atoms with E-state index in [9.17, 15) is 0 Å². The molecule has 1 rings (SSSR count). The molecule has 1 aromatic rings. The molecule has 1 atom stereocenters. The average molecular weight is 216 g/mol. The zero-order valence-corrected chi connectivity index (χ0v) is 9.39. The molecular formula is C14H16O2. The second-order valence-corrected chi connectivity index (χ2v) is 3.40. The monoisotopic (exact) mass is 216 g/mol. The molecule has 0 aromatic heterocycles. The second kappa shape index (κ2) is 7.70. The summed E-state index contributed by atoms with van der Waals surface area (Å²) in [5.41, 5.74) is 1.14. The number of hydrogen-bond donors (Lipinski definition) is 1. The molecule has 16 heavy (non-hydrogen) atoms. The summed E-state index contributed by atoms with van der Waals surface area (Å²) < 4.78 is 5.36. The molecule has 2 heteroatoms. The fourth-order valence-electron chi connectivity index (χ4n) is 1.08. The third-order valence-electron chi connectivity index (χ3n) is 1.85. The number of aliphatic hydroxyl groups is 1. The highest BCUT2D eigenvalue weighted by Crippen LogP contribution is 1.99. The van der Waals surface area contributed by atoms with E-state index < -0.39 is 6.10 Å². The van der Waals surface area contributed by atoms with Crippen molar-refractivity contribution in [2.75, 3.05) is 6.61 Å². The standard InChI is InChI=1S/C14H16O2/c1-13(15)8-4-3-7-11-16-12-14-9-5-2-6-10-14/h2,4-6,8-10,13,15H,11-12H2,1H3/b8-4+/t13-/m1/s1. The van der Waals surface area contributed by atoms with Crippen molar-refractivity contribution >= 4 is 0 Å². The number of ether oxygens (including phenoxy) is 1. The first kappa shape index (κ1) is 12.5. The van der Waals surface area contributed by atoms with Crippen LogP contribution < -0.4 is 0 Å². The van der Waals surface area contributed by atoms with Crippen molar-refractivity contribution in [1.82, 2.24) is 0 Å². The van der Waals surface area contributed by atoms with Crippen LogP contribution >= 0.6 is 0 Å². The minimum Gasteiger partial charge on any atom is -0.389 e. The quantitative estimate of drug-likeness (QED) is 0.617. The normalized spacial score (nSPS) is 12.1. The van der Waals surface area contributed by atoms with Gasteiger partial charge in [0, 0.05) is 0 Å². The number of rotatable bonds is 4. The molecule has 0 aliphatic carbocycles. The molecule has 0 heterocycles. The molecule has 0 radical (unpaired) electrons. The SMILES string of the molecule is C[C@@H](O)/C=C/C#CCOCc1ccccc1. The van der Waals surface area contributed by atoms with Gasteiger partial charge in [-0.15, -0.1) is 0 Å². The maximum absolute atomic E-state index is 8.92. The highest BCUT2D eigenvalue weighted by atomic mass is 16.5. The van der Waals surface area contributed by atoms with E-state index in [0.717, 1.165) is 5.56 Å². The molecule has 0 saturated carbocycles. The topological polar surface area (TPSA) is 29.5 Å². The third kappa shape index (κ3) is 6.02. The van der Waals surface area contributed by atoms with Crippen LogP contribution in [0.4, 0.5) is 0 Å². The second-order valence-electron chi connectivity index (χ2n) is 3.40. The molecular weight excluding hydrogens is 200 g/mol. The predicted octanol–water partition coefficient (Wildman–Crippen LogP) is 2.14. The lowest BCUT2D eigenvalue weighted by Crippen LogP contribution is -1.92. The summed E-state index contributed by atoms with van der Waals surface area (Å²) in [7, 11) is 0. The Morgan fingerprint density at radius 1 is 1.38 bits per heavy atom. The van der Waals surface area contributed by atoms with E-state index in [1.165, 1.54) is 0 Å². The van der Waals surface area contributed by atoms with Gasteiger partial charge in [0.25, 0.3) is 0 Å². The zero-order valence-electron chi connectivity index (χ0n) is 9.39. The molecule has 0 unspecified atom stereocenters.